The fraction of sp³-hybridized carbons (Fsp3) is 0.214. The third-order valence-corrected chi connectivity index (χ3v) is 3.01. The molecule has 0 aliphatic rings. The minimum atomic E-state index is -1.04. The molecule has 2 aromatic rings. The molecule has 0 aliphatic carbocycles. The molecule has 0 atom stereocenters. The van der Waals surface area contributed by atoms with Gasteiger partial charge in [0.15, 0.2) is 11.6 Å². The number of nitrogens with one attached hydrogen (secondary N) is 1. The van der Waals surface area contributed by atoms with Crippen LogP contribution in [0, 0.1) is 11.6 Å². The highest BCUT2D eigenvalue weighted by Gasteiger charge is 2.12. The molecule has 0 radical (unpaired) electrons. The second-order valence-corrected chi connectivity index (χ2v) is 5.00. The van der Waals surface area contributed by atoms with E-state index in [-0.39, 0.29) is 11.6 Å². The first-order valence-electron chi connectivity index (χ1n) is 6.08. The summed E-state index contributed by atoms with van der Waals surface area (Å²) in [5.74, 6) is -2.00. The molecular formula is C14H13BrF2N2O. The summed E-state index contributed by atoms with van der Waals surface area (Å²) < 4.78 is 32.4. The number of hydrogen-bond donors (Lipinski definition) is 1. The van der Waals surface area contributed by atoms with E-state index in [0.717, 1.165) is 18.2 Å². The molecule has 0 fully saturated rings. The average molecular weight is 343 g/mol. The van der Waals surface area contributed by atoms with Crippen molar-refractivity contribution in [1.82, 2.24) is 10.3 Å². The van der Waals surface area contributed by atoms with Crippen LogP contribution in [0.5, 0.6) is 11.6 Å². The SMILES string of the molecule is CCNCc1ccc(Oc2cc(Br)cc(F)c2F)nc1. The minimum absolute atomic E-state index is 0.205. The maximum Gasteiger partial charge on any atom is 0.219 e. The van der Waals surface area contributed by atoms with Gasteiger partial charge >= 0.3 is 0 Å². The molecule has 0 unspecified atom stereocenters. The Morgan fingerprint density at radius 2 is 2.10 bits per heavy atom. The molecule has 6 heteroatoms. The van der Waals surface area contributed by atoms with E-state index in [0.29, 0.717) is 11.0 Å². The lowest BCUT2D eigenvalue weighted by Crippen LogP contribution is -2.11. The molecule has 1 N–H and O–H groups in total. The van der Waals surface area contributed by atoms with Crippen molar-refractivity contribution in [1.29, 1.82) is 0 Å². The number of ether oxygens (including phenoxy) is 1. The Balaban J connectivity index is 2.14. The zero-order chi connectivity index (χ0) is 14.5. The van der Waals surface area contributed by atoms with Crippen LogP contribution < -0.4 is 10.1 Å². The van der Waals surface area contributed by atoms with Gasteiger partial charge in [0, 0.05) is 23.3 Å². The van der Waals surface area contributed by atoms with Crippen molar-refractivity contribution < 1.29 is 13.5 Å². The molecule has 2 rings (SSSR count). The Morgan fingerprint density at radius 3 is 2.75 bits per heavy atom. The van der Waals surface area contributed by atoms with E-state index in [1.807, 2.05) is 13.0 Å². The molecule has 1 heterocycles. The van der Waals surface area contributed by atoms with E-state index >= 15 is 0 Å². The number of hydrogen-bond acceptors (Lipinski definition) is 3. The zero-order valence-electron chi connectivity index (χ0n) is 10.8. The summed E-state index contributed by atoms with van der Waals surface area (Å²) in [7, 11) is 0. The smallest absolute Gasteiger partial charge is 0.219 e. The van der Waals surface area contributed by atoms with E-state index in [9.17, 15) is 8.78 Å². The van der Waals surface area contributed by atoms with Gasteiger partial charge in [-0.25, -0.2) is 9.37 Å². The van der Waals surface area contributed by atoms with Gasteiger partial charge in [0.2, 0.25) is 11.7 Å². The number of rotatable bonds is 5. The zero-order valence-corrected chi connectivity index (χ0v) is 12.4. The van der Waals surface area contributed by atoms with Crippen LogP contribution in [0.4, 0.5) is 8.78 Å². The van der Waals surface area contributed by atoms with Gasteiger partial charge < -0.3 is 10.1 Å². The standard InChI is InChI=1S/C14H13BrF2N2O/c1-2-18-7-9-3-4-13(19-8-9)20-12-6-10(15)5-11(16)14(12)17/h3-6,8,18H,2,7H2,1H3. The fourth-order valence-corrected chi connectivity index (χ4v) is 1.97. The number of halogens is 3. The molecule has 0 amide bonds. The first-order chi connectivity index (χ1) is 9.60. The van der Waals surface area contributed by atoms with E-state index in [4.69, 9.17) is 4.74 Å². The number of aromatic nitrogens is 1. The second-order valence-electron chi connectivity index (χ2n) is 4.09. The van der Waals surface area contributed by atoms with Crippen molar-refractivity contribution in [3.63, 3.8) is 0 Å². The monoisotopic (exact) mass is 342 g/mol. The Kier molecular flexibility index (Phi) is 5.03. The Morgan fingerprint density at radius 1 is 1.30 bits per heavy atom. The van der Waals surface area contributed by atoms with E-state index < -0.39 is 11.6 Å². The molecule has 0 saturated heterocycles. The lowest BCUT2D eigenvalue weighted by Gasteiger charge is -2.08. The maximum atomic E-state index is 13.6. The predicted octanol–water partition coefficient (Wildman–Crippen LogP) is 4.02. The van der Waals surface area contributed by atoms with Crippen molar-refractivity contribution in [2.75, 3.05) is 6.54 Å². The Hall–Kier alpha value is -1.53. The quantitative estimate of drug-likeness (QED) is 0.833. The summed E-state index contributed by atoms with van der Waals surface area (Å²) in [6.07, 6.45) is 1.63. The van der Waals surface area contributed by atoms with E-state index in [2.05, 4.69) is 26.2 Å². The first-order valence-corrected chi connectivity index (χ1v) is 6.87. The van der Waals surface area contributed by atoms with E-state index in [1.165, 1.54) is 6.07 Å². The average Bonchev–Trinajstić information content (AvgIpc) is 2.43. The molecule has 0 spiro atoms. The van der Waals surface area contributed by atoms with Crippen LogP contribution in [0.3, 0.4) is 0 Å². The normalized spacial score (nSPS) is 10.6. The fourth-order valence-electron chi connectivity index (χ4n) is 1.56. The van der Waals surface area contributed by atoms with E-state index in [1.54, 1.807) is 12.3 Å². The lowest BCUT2D eigenvalue weighted by molar-refractivity contribution is 0.404. The van der Waals surface area contributed by atoms with Crippen LogP contribution in [0.2, 0.25) is 0 Å². The lowest BCUT2D eigenvalue weighted by atomic mass is 10.3. The van der Waals surface area contributed by atoms with Gasteiger partial charge in [-0.2, -0.15) is 4.39 Å². The summed E-state index contributed by atoms with van der Waals surface area (Å²) in [5.41, 5.74) is 0.986. The molecule has 0 bridgehead atoms. The van der Waals surface area contributed by atoms with Gasteiger partial charge in [-0.1, -0.05) is 28.9 Å². The van der Waals surface area contributed by atoms with Crippen molar-refractivity contribution in [2.45, 2.75) is 13.5 Å². The Labute approximate surface area is 124 Å². The number of pyridine rings is 1. The minimum Gasteiger partial charge on any atom is -0.436 e. The van der Waals surface area contributed by atoms with Gasteiger partial charge in [0.1, 0.15) is 0 Å². The van der Waals surface area contributed by atoms with Crippen molar-refractivity contribution in [3.05, 3.63) is 52.1 Å². The summed E-state index contributed by atoms with van der Waals surface area (Å²) in [6, 6.07) is 5.82. The highest BCUT2D eigenvalue weighted by atomic mass is 79.9. The van der Waals surface area contributed by atoms with Crippen molar-refractivity contribution >= 4 is 15.9 Å². The van der Waals surface area contributed by atoms with Gasteiger partial charge in [-0.3, -0.25) is 0 Å². The number of nitrogens with zero attached hydrogens (tertiary/aromatic N) is 1. The van der Waals surface area contributed by atoms with Crippen LogP contribution in [0.1, 0.15) is 12.5 Å². The second kappa shape index (κ2) is 6.76. The highest BCUT2D eigenvalue weighted by Crippen LogP contribution is 2.28. The molecule has 106 valence electrons. The molecule has 0 aliphatic heterocycles. The van der Waals surface area contributed by atoms with Crippen LogP contribution >= 0.6 is 15.9 Å². The summed E-state index contributed by atoms with van der Waals surface area (Å²) in [4.78, 5) is 4.06. The molecule has 1 aromatic heterocycles. The molecular weight excluding hydrogens is 330 g/mol. The maximum absolute atomic E-state index is 13.6. The first kappa shape index (κ1) is 14.9. The topological polar surface area (TPSA) is 34.1 Å². The molecule has 3 nitrogen and oxygen atoms in total. The summed E-state index contributed by atoms with van der Waals surface area (Å²) in [5, 5.41) is 3.16. The molecule has 1 aromatic carbocycles. The highest BCUT2D eigenvalue weighted by molar-refractivity contribution is 9.10. The van der Waals surface area contributed by atoms with Crippen LogP contribution in [-0.2, 0) is 6.54 Å². The summed E-state index contributed by atoms with van der Waals surface area (Å²) in [6.45, 7) is 3.57. The van der Waals surface area contributed by atoms with Gasteiger partial charge in [0.05, 0.1) is 0 Å². The van der Waals surface area contributed by atoms with Crippen molar-refractivity contribution in [2.24, 2.45) is 0 Å². The number of benzene rings is 1. The third-order valence-electron chi connectivity index (χ3n) is 2.55. The largest absolute Gasteiger partial charge is 0.436 e. The summed E-state index contributed by atoms with van der Waals surface area (Å²) >= 11 is 3.09. The third kappa shape index (κ3) is 3.74. The predicted molar refractivity (Wildman–Crippen MR) is 75.7 cm³/mol. The van der Waals surface area contributed by atoms with Gasteiger partial charge in [-0.05, 0) is 24.2 Å². The van der Waals surface area contributed by atoms with Crippen molar-refractivity contribution in [3.8, 4) is 11.6 Å². The van der Waals surface area contributed by atoms with Crippen LogP contribution in [0.25, 0.3) is 0 Å². The van der Waals surface area contributed by atoms with Gasteiger partial charge in [0.25, 0.3) is 0 Å². The van der Waals surface area contributed by atoms with Gasteiger partial charge in [-0.15, -0.1) is 0 Å². The Bertz CT molecular complexity index is 590. The molecule has 0 saturated carbocycles. The molecule has 20 heavy (non-hydrogen) atoms. The van der Waals surface area contributed by atoms with Crippen LogP contribution in [0.15, 0.2) is 34.9 Å². The van der Waals surface area contributed by atoms with Crippen LogP contribution in [-0.4, -0.2) is 11.5 Å².